The highest BCUT2D eigenvalue weighted by molar-refractivity contribution is 7.13. The zero-order valence-electron chi connectivity index (χ0n) is 13.0. The van der Waals surface area contributed by atoms with Crippen LogP contribution in [0.4, 0.5) is 11.1 Å². The van der Waals surface area contributed by atoms with E-state index >= 15 is 0 Å². The zero-order chi connectivity index (χ0) is 16.8. The SMILES string of the molecule is O=C1C2C=CC=CC2Nc2n/c(=N\c3nccs3)c3ccccc3n21. The molecule has 0 radical (unpaired) electrons. The van der Waals surface area contributed by atoms with E-state index < -0.39 is 0 Å². The van der Waals surface area contributed by atoms with Crippen molar-refractivity contribution in [3.8, 4) is 0 Å². The molecule has 25 heavy (non-hydrogen) atoms. The summed E-state index contributed by atoms with van der Waals surface area (Å²) in [4.78, 5) is 26.5. The van der Waals surface area contributed by atoms with Crippen molar-refractivity contribution >= 4 is 39.2 Å². The molecule has 0 spiro atoms. The Balaban J connectivity index is 1.81. The van der Waals surface area contributed by atoms with E-state index in [1.54, 1.807) is 10.8 Å². The first-order valence-corrected chi connectivity index (χ1v) is 8.81. The van der Waals surface area contributed by atoms with Crippen LogP contribution in [0, 0.1) is 5.92 Å². The number of allylic oxidation sites excluding steroid dienone is 2. The Labute approximate surface area is 146 Å². The lowest BCUT2D eigenvalue weighted by atomic mass is 9.92. The van der Waals surface area contributed by atoms with Gasteiger partial charge in [0.25, 0.3) is 0 Å². The molecular weight excluding hydrogens is 334 g/mol. The number of thiazole rings is 1. The third kappa shape index (κ3) is 2.24. The van der Waals surface area contributed by atoms with Gasteiger partial charge in [-0.1, -0.05) is 36.4 Å². The van der Waals surface area contributed by atoms with E-state index in [4.69, 9.17) is 0 Å². The number of fused-ring (bicyclic) bond motifs is 4. The van der Waals surface area contributed by atoms with Crippen molar-refractivity contribution in [1.29, 1.82) is 0 Å². The smallest absolute Gasteiger partial charge is 0.243 e. The van der Waals surface area contributed by atoms with E-state index in [1.165, 1.54) is 11.3 Å². The Hall–Kier alpha value is -3.06. The number of hydrogen-bond donors (Lipinski definition) is 1. The van der Waals surface area contributed by atoms with Gasteiger partial charge in [0, 0.05) is 17.0 Å². The summed E-state index contributed by atoms with van der Waals surface area (Å²) in [6.45, 7) is 0. The standard InChI is InChI=1S/C18H13N5OS/c24-16-11-5-1-3-7-13(11)20-17-21-15(22-18-19-9-10-25-18)12-6-2-4-8-14(12)23(16)17/h1-11,13H,(H,19,20,21,22). The maximum Gasteiger partial charge on any atom is 0.243 e. The summed E-state index contributed by atoms with van der Waals surface area (Å²) in [5.41, 5.74) is 1.35. The minimum Gasteiger partial charge on any atom is -0.348 e. The molecule has 2 atom stereocenters. The summed E-state index contributed by atoms with van der Waals surface area (Å²) in [5.74, 6) is 0.304. The Morgan fingerprint density at radius 2 is 2.08 bits per heavy atom. The number of nitrogens with one attached hydrogen (secondary N) is 1. The molecule has 3 aromatic rings. The van der Waals surface area contributed by atoms with Crippen LogP contribution >= 0.6 is 11.3 Å². The largest absolute Gasteiger partial charge is 0.348 e. The minimum absolute atomic E-state index is 0.0175. The average molecular weight is 347 g/mol. The van der Waals surface area contributed by atoms with Gasteiger partial charge in [-0.2, -0.15) is 9.98 Å². The summed E-state index contributed by atoms with van der Waals surface area (Å²) in [6, 6.07) is 7.60. The first-order valence-electron chi connectivity index (χ1n) is 7.93. The van der Waals surface area contributed by atoms with Crippen LogP contribution in [0.3, 0.4) is 0 Å². The van der Waals surface area contributed by atoms with Crippen molar-refractivity contribution < 1.29 is 4.79 Å². The molecule has 0 amide bonds. The maximum atomic E-state index is 13.1. The molecule has 5 rings (SSSR count). The van der Waals surface area contributed by atoms with Crippen LogP contribution in [0.1, 0.15) is 4.79 Å². The monoisotopic (exact) mass is 347 g/mol. The van der Waals surface area contributed by atoms with E-state index in [9.17, 15) is 4.79 Å². The number of carbonyl (C=O) groups is 1. The number of para-hydroxylation sites is 1. The van der Waals surface area contributed by atoms with Gasteiger partial charge in [-0.25, -0.2) is 9.55 Å². The van der Waals surface area contributed by atoms with E-state index in [-0.39, 0.29) is 17.9 Å². The number of aromatic nitrogens is 3. The third-order valence-electron chi connectivity index (χ3n) is 4.37. The van der Waals surface area contributed by atoms with E-state index in [0.29, 0.717) is 16.6 Å². The number of benzene rings is 1. The maximum absolute atomic E-state index is 13.1. The average Bonchev–Trinajstić information content (AvgIpc) is 3.15. The van der Waals surface area contributed by atoms with Crippen LogP contribution in [0.2, 0.25) is 0 Å². The first-order chi connectivity index (χ1) is 12.3. The van der Waals surface area contributed by atoms with Gasteiger partial charge in [0.15, 0.2) is 5.49 Å². The van der Waals surface area contributed by atoms with Crippen LogP contribution in [0.25, 0.3) is 10.9 Å². The fourth-order valence-corrected chi connectivity index (χ4v) is 3.73. The topological polar surface area (TPSA) is 72.2 Å². The van der Waals surface area contributed by atoms with Gasteiger partial charge < -0.3 is 5.32 Å². The van der Waals surface area contributed by atoms with Crippen molar-refractivity contribution in [1.82, 2.24) is 14.5 Å². The molecule has 2 aliphatic rings. The van der Waals surface area contributed by atoms with Crippen molar-refractivity contribution in [2.24, 2.45) is 10.9 Å². The van der Waals surface area contributed by atoms with Crippen molar-refractivity contribution in [2.75, 3.05) is 5.32 Å². The summed E-state index contributed by atoms with van der Waals surface area (Å²) >= 11 is 1.45. The molecule has 1 aliphatic heterocycles. The first kappa shape index (κ1) is 14.3. The second kappa shape index (κ2) is 5.49. The molecule has 1 aromatic carbocycles. The highest BCUT2D eigenvalue weighted by Crippen LogP contribution is 2.28. The molecule has 0 saturated heterocycles. The Morgan fingerprint density at radius 3 is 2.96 bits per heavy atom. The van der Waals surface area contributed by atoms with Gasteiger partial charge in [0.05, 0.1) is 17.5 Å². The lowest BCUT2D eigenvalue weighted by molar-refractivity contribution is 0.0851. The van der Waals surface area contributed by atoms with Crippen LogP contribution < -0.4 is 10.8 Å². The van der Waals surface area contributed by atoms with E-state index in [1.807, 2.05) is 53.9 Å². The van der Waals surface area contributed by atoms with Gasteiger partial charge in [-0.15, -0.1) is 11.3 Å². The number of nitrogens with zero attached hydrogens (tertiary/aromatic N) is 4. The van der Waals surface area contributed by atoms with Gasteiger partial charge in [0.2, 0.25) is 17.0 Å². The molecule has 122 valence electrons. The second-order valence-electron chi connectivity index (χ2n) is 5.84. The summed E-state index contributed by atoms with van der Waals surface area (Å²) in [5, 5.41) is 6.70. The lowest BCUT2D eigenvalue weighted by Gasteiger charge is -2.32. The summed E-state index contributed by atoms with van der Waals surface area (Å²) < 4.78 is 1.65. The molecule has 0 fully saturated rings. The van der Waals surface area contributed by atoms with E-state index in [0.717, 1.165) is 10.9 Å². The van der Waals surface area contributed by atoms with Crippen LogP contribution in [0.5, 0.6) is 0 Å². The third-order valence-corrected chi connectivity index (χ3v) is 5.03. The Morgan fingerprint density at radius 1 is 1.20 bits per heavy atom. The molecule has 7 heteroatoms. The molecule has 0 saturated carbocycles. The van der Waals surface area contributed by atoms with Crippen LogP contribution in [-0.2, 0) is 0 Å². The highest BCUT2D eigenvalue weighted by Gasteiger charge is 2.34. The molecule has 2 unspecified atom stereocenters. The van der Waals surface area contributed by atoms with Gasteiger partial charge in [-0.05, 0) is 12.1 Å². The normalized spacial score (nSPS) is 21.9. The Kier molecular flexibility index (Phi) is 3.14. The fourth-order valence-electron chi connectivity index (χ4n) is 3.23. The van der Waals surface area contributed by atoms with Crippen LogP contribution in [0.15, 0.2) is 65.1 Å². The zero-order valence-corrected chi connectivity index (χ0v) is 13.9. The number of carbonyl (C=O) groups excluding carboxylic acids is 1. The number of hydrogen-bond acceptors (Lipinski definition) is 6. The minimum atomic E-state index is -0.227. The van der Waals surface area contributed by atoms with Gasteiger partial charge in [-0.3, -0.25) is 4.79 Å². The van der Waals surface area contributed by atoms with Gasteiger partial charge in [0.1, 0.15) is 0 Å². The summed E-state index contributed by atoms with van der Waals surface area (Å²) in [6.07, 6.45) is 9.48. The highest BCUT2D eigenvalue weighted by atomic mass is 32.1. The quantitative estimate of drug-likeness (QED) is 0.735. The molecule has 1 N–H and O–H groups in total. The second-order valence-corrected chi connectivity index (χ2v) is 6.72. The molecule has 3 heterocycles. The van der Waals surface area contributed by atoms with Crippen molar-refractivity contribution in [3.05, 3.63) is 65.6 Å². The molecule has 2 aromatic heterocycles. The summed E-state index contributed by atoms with van der Waals surface area (Å²) in [7, 11) is 0. The van der Waals surface area contributed by atoms with Crippen molar-refractivity contribution in [2.45, 2.75) is 6.04 Å². The van der Waals surface area contributed by atoms with Gasteiger partial charge >= 0.3 is 0 Å². The fraction of sp³-hybridized carbons (Fsp3) is 0.111. The molecule has 0 bridgehead atoms. The predicted octanol–water partition coefficient (Wildman–Crippen LogP) is 2.90. The van der Waals surface area contributed by atoms with E-state index in [2.05, 4.69) is 20.3 Å². The van der Waals surface area contributed by atoms with Crippen LogP contribution in [-0.4, -0.2) is 26.5 Å². The molecule has 1 aliphatic carbocycles. The van der Waals surface area contributed by atoms with Crippen molar-refractivity contribution in [3.63, 3.8) is 0 Å². The number of rotatable bonds is 1. The lowest BCUT2D eigenvalue weighted by Crippen LogP contribution is -2.43. The molecular formula is C18H13N5OS. The Bertz CT molecular complexity index is 1110. The molecule has 6 nitrogen and oxygen atoms in total. The number of anilines is 1. The predicted molar refractivity (Wildman–Crippen MR) is 96.9 cm³/mol.